The molecular formula is C24H17FN6O3. The molecule has 0 saturated carbocycles. The number of anilines is 1. The minimum atomic E-state index is -0.416. The summed E-state index contributed by atoms with van der Waals surface area (Å²) in [5.41, 5.74) is 2.29. The number of hydrogen-bond acceptors (Lipinski definition) is 7. The van der Waals surface area contributed by atoms with Gasteiger partial charge in [0.25, 0.3) is 5.91 Å². The van der Waals surface area contributed by atoms with Crippen molar-refractivity contribution in [3.8, 4) is 28.8 Å². The first-order chi connectivity index (χ1) is 16.6. The summed E-state index contributed by atoms with van der Waals surface area (Å²) < 4.78 is 20.7. The highest BCUT2D eigenvalue weighted by atomic mass is 19.1. The molecular weight excluding hydrogens is 439 g/mol. The van der Waals surface area contributed by atoms with Crippen LogP contribution in [0.15, 0.2) is 83.7 Å². The molecule has 10 heteroatoms. The maximum absolute atomic E-state index is 14.2. The SMILES string of the molecule is O=C(Nc1cnc(-c2cc(-c3ccon3)n(Cc3ccccc3F)n2)nc1O)c1ccccc1. The summed E-state index contributed by atoms with van der Waals surface area (Å²) in [6.07, 6.45) is 2.71. The fraction of sp³-hybridized carbons (Fsp3) is 0.0417. The van der Waals surface area contributed by atoms with E-state index in [1.165, 1.54) is 18.5 Å². The van der Waals surface area contributed by atoms with Crippen LogP contribution in [-0.2, 0) is 6.54 Å². The quantitative estimate of drug-likeness (QED) is 0.394. The van der Waals surface area contributed by atoms with Crippen molar-refractivity contribution in [3.63, 3.8) is 0 Å². The van der Waals surface area contributed by atoms with Crippen LogP contribution in [0.25, 0.3) is 22.9 Å². The van der Waals surface area contributed by atoms with Gasteiger partial charge < -0.3 is 14.9 Å². The van der Waals surface area contributed by atoms with E-state index in [2.05, 4.69) is 25.5 Å². The predicted octanol–water partition coefficient (Wildman–Crippen LogP) is 4.14. The zero-order valence-corrected chi connectivity index (χ0v) is 17.6. The summed E-state index contributed by atoms with van der Waals surface area (Å²) in [5, 5.41) is 21.4. The molecule has 5 aromatic rings. The summed E-state index contributed by atoms with van der Waals surface area (Å²) >= 11 is 0. The Bertz CT molecular complexity index is 1450. The van der Waals surface area contributed by atoms with Gasteiger partial charge in [0.1, 0.15) is 29.2 Å². The van der Waals surface area contributed by atoms with Gasteiger partial charge in [-0.1, -0.05) is 41.6 Å². The monoisotopic (exact) mass is 456 g/mol. The topological polar surface area (TPSA) is 119 Å². The molecule has 2 aromatic carbocycles. The predicted molar refractivity (Wildman–Crippen MR) is 120 cm³/mol. The maximum Gasteiger partial charge on any atom is 0.255 e. The first kappa shape index (κ1) is 21.0. The second kappa shape index (κ2) is 8.94. The summed E-state index contributed by atoms with van der Waals surface area (Å²) in [7, 11) is 0. The molecule has 3 aromatic heterocycles. The average molecular weight is 456 g/mol. The van der Waals surface area contributed by atoms with Gasteiger partial charge in [-0.2, -0.15) is 10.1 Å². The first-order valence-electron chi connectivity index (χ1n) is 10.2. The van der Waals surface area contributed by atoms with Gasteiger partial charge in [0.05, 0.1) is 18.4 Å². The Morgan fingerprint density at radius 1 is 1.06 bits per heavy atom. The Balaban J connectivity index is 1.46. The molecule has 0 fully saturated rings. The lowest BCUT2D eigenvalue weighted by Crippen LogP contribution is -2.12. The van der Waals surface area contributed by atoms with Crippen molar-refractivity contribution in [2.24, 2.45) is 0 Å². The Labute approximate surface area is 192 Å². The van der Waals surface area contributed by atoms with E-state index in [-0.39, 0.29) is 23.9 Å². The second-order valence-electron chi connectivity index (χ2n) is 7.30. The Hall–Kier alpha value is -4.86. The van der Waals surface area contributed by atoms with Crippen molar-refractivity contribution in [3.05, 3.63) is 96.1 Å². The van der Waals surface area contributed by atoms with E-state index in [9.17, 15) is 14.3 Å². The fourth-order valence-corrected chi connectivity index (χ4v) is 3.35. The second-order valence-corrected chi connectivity index (χ2v) is 7.30. The Morgan fingerprint density at radius 2 is 1.85 bits per heavy atom. The van der Waals surface area contributed by atoms with Gasteiger partial charge >= 0.3 is 0 Å². The number of halogens is 1. The minimum Gasteiger partial charge on any atom is -0.492 e. The molecule has 0 saturated heterocycles. The van der Waals surface area contributed by atoms with Crippen LogP contribution < -0.4 is 5.32 Å². The standard InChI is InChI=1S/C24H17FN6O3/c25-17-9-5-4-8-16(17)14-31-21(18-10-11-34-30-18)12-19(29-31)22-26-13-20(24(33)28-22)27-23(32)15-6-2-1-3-7-15/h1-13H,14H2,(H,27,32)(H,26,28,33). The molecule has 9 nitrogen and oxygen atoms in total. The molecule has 0 bridgehead atoms. The molecule has 34 heavy (non-hydrogen) atoms. The summed E-state index contributed by atoms with van der Waals surface area (Å²) in [6.45, 7) is 0.131. The molecule has 2 N–H and O–H groups in total. The first-order valence-corrected chi connectivity index (χ1v) is 10.2. The van der Waals surface area contributed by atoms with E-state index in [0.717, 1.165) is 0 Å². The summed E-state index contributed by atoms with van der Waals surface area (Å²) in [4.78, 5) is 20.7. The van der Waals surface area contributed by atoms with Crippen LogP contribution in [0.5, 0.6) is 5.88 Å². The highest BCUT2D eigenvalue weighted by Gasteiger charge is 2.18. The minimum absolute atomic E-state index is 0.0557. The van der Waals surface area contributed by atoms with E-state index in [0.29, 0.717) is 28.2 Å². The third kappa shape index (κ3) is 4.24. The molecule has 0 atom stereocenters. The van der Waals surface area contributed by atoms with Crippen LogP contribution in [0.1, 0.15) is 15.9 Å². The average Bonchev–Trinajstić information content (AvgIpc) is 3.52. The summed E-state index contributed by atoms with van der Waals surface area (Å²) in [5.74, 6) is -1.07. The van der Waals surface area contributed by atoms with Gasteiger partial charge in [-0.15, -0.1) is 0 Å². The van der Waals surface area contributed by atoms with E-state index in [4.69, 9.17) is 4.52 Å². The zero-order chi connectivity index (χ0) is 23.5. The number of aromatic hydroxyl groups is 1. The highest BCUT2D eigenvalue weighted by Crippen LogP contribution is 2.28. The molecule has 0 unspecified atom stereocenters. The molecule has 0 aliphatic carbocycles. The van der Waals surface area contributed by atoms with Crippen molar-refractivity contribution in [2.45, 2.75) is 6.54 Å². The van der Waals surface area contributed by atoms with Gasteiger partial charge in [0.15, 0.2) is 5.82 Å². The van der Waals surface area contributed by atoms with Crippen molar-refractivity contribution >= 4 is 11.6 Å². The van der Waals surface area contributed by atoms with Crippen LogP contribution in [0.3, 0.4) is 0 Å². The van der Waals surface area contributed by atoms with Gasteiger partial charge in [0, 0.05) is 17.2 Å². The molecule has 0 aliphatic rings. The van der Waals surface area contributed by atoms with Crippen molar-refractivity contribution in [1.29, 1.82) is 0 Å². The van der Waals surface area contributed by atoms with Gasteiger partial charge in [-0.25, -0.2) is 9.37 Å². The van der Waals surface area contributed by atoms with Gasteiger partial charge in [-0.05, 0) is 24.3 Å². The number of nitrogens with one attached hydrogen (secondary N) is 1. The van der Waals surface area contributed by atoms with E-state index < -0.39 is 11.8 Å². The Kier molecular flexibility index (Phi) is 5.53. The van der Waals surface area contributed by atoms with Crippen LogP contribution in [0, 0.1) is 5.82 Å². The number of carbonyl (C=O) groups excluding carboxylic acids is 1. The van der Waals surface area contributed by atoms with Crippen LogP contribution >= 0.6 is 0 Å². The van der Waals surface area contributed by atoms with E-state index in [1.54, 1.807) is 65.3 Å². The van der Waals surface area contributed by atoms with Crippen LogP contribution in [-0.4, -0.2) is 35.9 Å². The van der Waals surface area contributed by atoms with Crippen molar-refractivity contribution in [1.82, 2.24) is 24.9 Å². The van der Waals surface area contributed by atoms with Gasteiger partial charge in [0.2, 0.25) is 5.88 Å². The molecule has 0 spiro atoms. The zero-order valence-electron chi connectivity index (χ0n) is 17.6. The number of nitrogens with zero attached hydrogens (tertiary/aromatic N) is 5. The number of benzene rings is 2. The largest absolute Gasteiger partial charge is 0.492 e. The Morgan fingerprint density at radius 3 is 2.59 bits per heavy atom. The summed E-state index contributed by atoms with van der Waals surface area (Å²) in [6, 6.07) is 18.3. The van der Waals surface area contributed by atoms with E-state index >= 15 is 0 Å². The van der Waals surface area contributed by atoms with Crippen LogP contribution in [0.4, 0.5) is 10.1 Å². The van der Waals surface area contributed by atoms with Crippen molar-refractivity contribution < 1.29 is 18.8 Å². The van der Waals surface area contributed by atoms with Crippen molar-refractivity contribution in [2.75, 3.05) is 5.32 Å². The normalized spacial score (nSPS) is 10.9. The molecule has 168 valence electrons. The van der Waals surface area contributed by atoms with Gasteiger partial charge in [-0.3, -0.25) is 9.48 Å². The maximum atomic E-state index is 14.2. The molecule has 5 rings (SSSR count). The molecule has 1 amide bonds. The number of aromatic nitrogens is 5. The van der Waals surface area contributed by atoms with E-state index in [1.807, 2.05) is 0 Å². The third-order valence-electron chi connectivity index (χ3n) is 5.04. The fourth-order valence-electron chi connectivity index (χ4n) is 3.35. The molecule has 0 radical (unpaired) electrons. The number of amides is 1. The lowest BCUT2D eigenvalue weighted by atomic mass is 10.2. The lowest BCUT2D eigenvalue weighted by molar-refractivity contribution is 0.102. The van der Waals surface area contributed by atoms with Crippen LogP contribution in [0.2, 0.25) is 0 Å². The number of hydrogen-bond donors (Lipinski definition) is 2. The molecule has 3 heterocycles. The third-order valence-corrected chi connectivity index (χ3v) is 5.04. The highest BCUT2D eigenvalue weighted by molar-refractivity contribution is 6.04. The number of rotatable bonds is 6. The number of carbonyl (C=O) groups is 1. The molecule has 0 aliphatic heterocycles. The lowest BCUT2D eigenvalue weighted by Gasteiger charge is -2.07. The smallest absolute Gasteiger partial charge is 0.255 e.